The number of aryl methyl sites for hydroxylation is 1. The average molecular weight is 196 g/mol. The predicted molar refractivity (Wildman–Crippen MR) is 51.3 cm³/mol. The van der Waals surface area contributed by atoms with Crippen molar-refractivity contribution in [3.05, 3.63) is 11.3 Å². The Bertz CT molecular complexity index is 341. The molecule has 0 saturated carbocycles. The lowest BCUT2D eigenvalue weighted by Gasteiger charge is -2.07. The fraction of sp³-hybridized carbons (Fsp3) is 0.375. The van der Waals surface area contributed by atoms with Gasteiger partial charge in [0.2, 0.25) is 5.95 Å². The average Bonchev–Trinajstić information content (AvgIpc) is 2.10. The van der Waals surface area contributed by atoms with Gasteiger partial charge >= 0.3 is 5.97 Å². The normalized spacial score (nSPS) is 9.86. The predicted octanol–water partition coefficient (Wildman–Crippen LogP) is -0.335. The van der Waals surface area contributed by atoms with E-state index in [4.69, 9.17) is 11.5 Å². The number of hydrogen-bond donors (Lipinski definition) is 2. The molecule has 0 atom stereocenters. The van der Waals surface area contributed by atoms with Crippen molar-refractivity contribution in [2.75, 3.05) is 18.6 Å². The molecule has 0 spiro atoms. The zero-order valence-corrected chi connectivity index (χ0v) is 8.07. The van der Waals surface area contributed by atoms with E-state index in [9.17, 15) is 4.79 Å². The number of nitrogen functional groups attached to an aromatic ring is 2. The van der Waals surface area contributed by atoms with Gasteiger partial charge in [-0.3, -0.25) is 4.79 Å². The number of anilines is 2. The Balaban J connectivity index is 3.02. The molecule has 0 bridgehead atoms. The van der Waals surface area contributed by atoms with Crippen molar-refractivity contribution < 1.29 is 9.53 Å². The Morgan fingerprint density at radius 2 is 2.07 bits per heavy atom. The van der Waals surface area contributed by atoms with Gasteiger partial charge in [0.15, 0.2) is 0 Å². The lowest BCUT2D eigenvalue weighted by atomic mass is 10.1. The van der Waals surface area contributed by atoms with E-state index in [2.05, 4.69) is 14.7 Å². The molecule has 0 saturated heterocycles. The molecule has 0 aliphatic rings. The number of ether oxygens (including phenoxy) is 1. The highest BCUT2D eigenvalue weighted by molar-refractivity contribution is 5.74. The summed E-state index contributed by atoms with van der Waals surface area (Å²) in [5.41, 5.74) is 12.1. The van der Waals surface area contributed by atoms with Crippen molar-refractivity contribution in [1.82, 2.24) is 9.97 Å². The highest BCUT2D eigenvalue weighted by atomic mass is 16.5. The van der Waals surface area contributed by atoms with Crippen molar-refractivity contribution in [3.8, 4) is 0 Å². The van der Waals surface area contributed by atoms with Gasteiger partial charge in [-0.1, -0.05) is 0 Å². The molecule has 1 rings (SSSR count). The Kier molecular flexibility index (Phi) is 2.85. The second kappa shape index (κ2) is 3.91. The van der Waals surface area contributed by atoms with E-state index in [1.165, 1.54) is 7.11 Å². The van der Waals surface area contributed by atoms with E-state index < -0.39 is 0 Å². The molecule has 0 aliphatic carbocycles. The van der Waals surface area contributed by atoms with Crippen LogP contribution in [0, 0.1) is 6.92 Å². The van der Waals surface area contributed by atoms with Crippen molar-refractivity contribution in [2.24, 2.45) is 0 Å². The Labute approximate surface area is 81.3 Å². The zero-order valence-electron chi connectivity index (χ0n) is 8.07. The number of nitrogens with two attached hydrogens (primary N) is 2. The Morgan fingerprint density at radius 1 is 1.43 bits per heavy atom. The standard InChI is InChI=1S/C8H12N4O2/c1-4-5(3-6(13)14-2)7(9)12-8(10)11-4/h3H2,1-2H3,(H4,9,10,11,12). The zero-order chi connectivity index (χ0) is 10.7. The largest absolute Gasteiger partial charge is 0.469 e. The summed E-state index contributed by atoms with van der Waals surface area (Å²) in [6, 6.07) is 0. The first kappa shape index (κ1) is 10.2. The van der Waals surface area contributed by atoms with Gasteiger partial charge in [0.1, 0.15) is 5.82 Å². The summed E-state index contributed by atoms with van der Waals surface area (Å²) in [4.78, 5) is 18.7. The molecule has 6 nitrogen and oxygen atoms in total. The van der Waals surface area contributed by atoms with Gasteiger partial charge in [-0.2, -0.15) is 4.98 Å². The van der Waals surface area contributed by atoms with Gasteiger partial charge in [0.05, 0.1) is 13.5 Å². The van der Waals surface area contributed by atoms with Crippen molar-refractivity contribution >= 4 is 17.7 Å². The van der Waals surface area contributed by atoms with E-state index >= 15 is 0 Å². The summed E-state index contributed by atoms with van der Waals surface area (Å²) < 4.78 is 4.51. The summed E-state index contributed by atoms with van der Waals surface area (Å²) in [5, 5.41) is 0. The topological polar surface area (TPSA) is 104 Å². The van der Waals surface area contributed by atoms with Crippen LogP contribution in [-0.4, -0.2) is 23.0 Å². The number of hydrogen-bond acceptors (Lipinski definition) is 6. The van der Waals surface area contributed by atoms with Crippen LogP contribution >= 0.6 is 0 Å². The van der Waals surface area contributed by atoms with Crippen LogP contribution in [0.15, 0.2) is 0 Å². The monoisotopic (exact) mass is 196 g/mol. The summed E-state index contributed by atoms with van der Waals surface area (Å²) >= 11 is 0. The van der Waals surface area contributed by atoms with Gasteiger partial charge in [-0.15, -0.1) is 0 Å². The smallest absolute Gasteiger partial charge is 0.310 e. The van der Waals surface area contributed by atoms with E-state index in [0.717, 1.165) is 0 Å². The molecule has 0 aromatic carbocycles. The summed E-state index contributed by atoms with van der Waals surface area (Å²) in [5.74, 6) is -0.0535. The first-order valence-corrected chi connectivity index (χ1v) is 4.00. The molecule has 6 heteroatoms. The number of carbonyl (C=O) groups is 1. The quantitative estimate of drug-likeness (QED) is 0.627. The molecule has 0 aliphatic heterocycles. The Hall–Kier alpha value is -1.85. The van der Waals surface area contributed by atoms with E-state index in [0.29, 0.717) is 11.3 Å². The third-order valence-corrected chi connectivity index (χ3v) is 1.81. The fourth-order valence-corrected chi connectivity index (χ4v) is 1.08. The molecule has 0 unspecified atom stereocenters. The molecule has 14 heavy (non-hydrogen) atoms. The number of carbonyl (C=O) groups excluding carboxylic acids is 1. The number of methoxy groups -OCH3 is 1. The molecule has 0 radical (unpaired) electrons. The fourth-order valence-electron chi connectivity index (χ4n) is 1.08. The molecular weight excluding hydrogens is 184 g/mol. The molecule has 1 aromatic heterocycles. The SMILES string of the molecule is COC(=O)Cc1c(C)nc(N)nc1N. The second-order valence-electron chi connectivity index (χ2n) is 2.78. The molecule has 1 aromatic rings. The minimum Gasteiger partial charge on any atom is -0.469 e. The lowest BCUT2D eigenvalue weighted by Crippen LogP contribution is -2.12. The summed E-state index contributed by atoms with van der Waals surface area (Å²) in [6.45, 7) is 1.71. The number of esters is 1. The van der Waals surface area contributed by atoms with Crippen LogP contribution in [0.25, 0.3) is 0 Å². The number of rotatable bonds is 2. The minimum atomic E-state index is -0.381. The molecule has 76 valence electrons. The second-order valence-corrected chi connectivity index (χ2v) is 2.78. The lowest BCUT2D eigenvalue weighted by molar-refractivity contribution is -0.139. The third-order valence-electron chi connectivity index (χ3n) is 1.81. The van der Waals surface area contributed by atoms with Gasteiger partial charge in [-0.05, 0) is 6.92 Å². The first-order valence-electron chi connectivity index (χ1n) is 4.00. The first-order chi connectivity index (χ1) is 6.54. The summed E-state index contributed by atoms with van der Waals surface area (Å²) in [7, 11) is 1.31. The van der Waals surface area contributed by atoms with Crippen LogP contribution in [-0.2, 0) is 16.0 Å². The van der Waals surface area contributed by atoms with E-state index in [1.54, 1.807) is 6.92 Å². The maximum Gasteiger partial charge on any atom is 0.310 e. The van der Waals surface area contributed by atoms with Crippen LogP contribution in [0.4, 0.5) is 11.8 Å². The van der Waals surface area contributed by atoms with Crippen molar-refractivity contribution in [3.63, 3.8) is 0 Å². The third kappa shape index (κ3) is 2.09. The summed E-state index contributed by atoms with van der Waals surface area (Å²) in [6.07, 6.45) is 0.0639. The Morgan fingerprint density at radius 3 is 2.57 bits per heavy atom. The van der Waals surface area contributed by atoms with Gasteiger partial charge < -0.3 is 16.2 Å². The molecule has 0 amide bonds. The number of aromatic nitrogens is 2. The van der Waals surface area contributed by atoms with Crippen molar-refractivity contribution in [1.29, 1.82) is 0 Å². The van der Waals surface area contributed by atoms with E-state index in [1.807, 2.05) is 0 Å². The molecule has 4 N–H and O–H groups in total. The van der Waals surface area contributed by atoms with Crippen LogP contribution in [0.1, 0.15) is 11.3 Å². The maximum atomic E-state index is 11.0. The minimum absolute atomic E-state index is 0.0639. The van der Waals surface area contributed by atoms with Crippen LogP contribution in [0.2, 0.25) is 0 Å². The maximum absolute atomic E-state index is 11.0. The van der Waals surface area contributed by atoms with Crippen LogP contribution < -0.4 is 11.5 Å². The van der Waals surface area contributed by atoms with Gasteiger partial charge in [0.25, 0.3) is 0 Å². The highest BCUT2D eigenvalue weighted by Gasteiger charge is 2.12. The number of nitrogens with zero attached hydrogens (tertiary/aromatic N) is 2. The van der Waals surface area contributed by atoms with Gasteiger partial charge in [-0.25, -0.2) is 4.98 Å². The van der Waals surface area contributed by atoms with Crippen LogP contribution in [0.3, 0.4) is 0 Å². The molecule has 1 heterocycles. The molecule has 0 fully saturated rings. The van der Waals surface area contributed by atoms with Crippen molar-refractivity contribution in [2.45, 2.75) is 13.3 Å². The highest BCUT2D eigenvalue weighted by Crippen LogP contribution is 2.14. The van der Waals surface area contributed by atoms with Gasteiger partial charge in [0, 0.05) is 11.3 Å². The molecular formula is C8H12N4O2. The van der Waals surface area contributed by atoms with Crippen LogP contribution in [0.5, 0.6) is 0 Å². The van der Waals surface area contributed by atoms with E-state index in [-0.39, 0.29) is 24.2 Å².